The first-order valence-corrected chi connectivity index (χ1v) is 7.43. The molecule has 0 spiro atoms. The number of nitrogens with zero attached hydrogens (tertiary/aromatic N) is 2. The summed E-state index contributed by atoms with van der Waals surface area (Å²) in [5.41, 5.74) is 4.12. The molecule has 104 valence electrons. The third-order valence-electron chi connectivity index (χ3n) is 3.51. The molecule has 0 unspecified atom stereocenters. The van der Waals surface area contributed by atoms with Gasteiger partial charge in [0.25, 0.3) is 0 Å². The van der Waals surface area contributed by atoms with Gasteiger partial charge in [-0.25, -0.2) is 0 Å². The first-order chi connectivity index (χ1) is 9.65. The number of hydrogen-bond donors (Lipinski definition) is 0. The number of carbonyl (C=O) groups excluding carboxylic acids is 1. The number of carbonyl (C=O) groups is 1. The van der Waals surface area contributed by atoms with Crippen LogP contribution in [0.25, 0.3) is 0 Å². The van der Waals surface area contributed by atoms with Crippen LogP contribution in [0, 0.1) is 6.92 Å². The Kier molecular flexibility index (Phi) is 3.61. The summed E-state index contributed by atoms with van der Waals surface area (Å²) in [5, 5.41) is 3.81. The third kappa shape index (κ3) is 2.50. The molecule has 0 radical (unpaired) electrons. The van der Waals surface area contributed by atoms with E-state index in [4.69, 9.17) is 4.52 Å². The highest BCUT2D eigenvalue weighted by Gasteiger charge is 2.25. The van der Waals surface area contributed by atoms with Crippen LogP contribution in [0.4, 0.5) is 5.69 Å². The maximum absolute atomic E-state index is 12.5. The van der Waals surface area contributed by atoms with E-state index >= 15 is 0 Å². The number of amides is 1. The minimum atomic E-state index is 0.0596. The number of anilines is 1. The fraction of sp³-hybridized carbons (Fsp3) is 0.333. The Morgan fingerprint density at radius 3 is 3.10 bits per heavy atom. The molecule has 5 heteroatoms. The van der Waals surface area contributed by atoms with Crippen molar-refractivity contribution >= 4 is 27.5 Å². The minimum Gasteiger partial charge on any atom is -0.364 e. The molecular formula is C15H15BrN2O2. The van der Waals surface area contributed by atoms with E-state index in [1.165, 1.54) is 17.4 Å². The molecule has 1 aromatic carbocycles. The van der Waals surface area contributed by atoms with Gasteiger partial charge in [0.2, 0.25) is 5.91 Å². The van der Waals surface area contributed by atoms with Crippen LogP contribution in [0.1, 0.15) is 23.2 Å². The van der Waals surface area contributed by atoms with Crippen LogP contribution in [-0.2, 0) is 17.6 Å². The van der Waals surface area contributed by atoms with E-state index in [0.29, 0.717) is 5.69 Å². The molecule has 1 amide bonds. The number of benzene rings is 1. The maximum atomic E-state index is 12.5. The molecule has 20 heavy (non-hydrogen) atoms. The van der Waals surface area contributed by atoms with Gasteiger partial charge in [-0.1, -0.05) is 11.2 Å². The van der Waals surface area contributed by atoms with Gasteiger partial charge in [0, 0.05) is 17.1 Å². The topological polar surface area (TPSA) is 46.3 Å². The van der Waals surface area contributed by atoms with Crippen LogP contribution >= 0.6 is 15.9 Å². The second kappa shape index (κ2) is 5.40. The molecule has 2 heterocycles. The molecule has 1 aromatic heterocycles. The highest BCUT2D eigenvalue weighted by atomic mass is 79.9. The lowest BCUT2D eigenvalue weighted by Crippen LogP contribution is -2.37. The Morgan fingerprint density at radius 1 is 1.50 bits per heavy atom. The average Bonchev–Trinajstić information content (AvgIpc) is 2.90. The Morgan fingerprint density at radius 2 is 2.35 bits per heavy atom. The SMILES string of the molecule is Cc1cc(Br)c2c(c1)CCCN2C(=O)Cc1ccon1. The van der Waals surface area contributed by atoms with Gasteiger partial charge >= 0.3 is 0 Å². The van der Waals surface area contributed by atoms with Gasteiger partial charge in [0.1, 0.15) is 6.26 Å². The summed E-state index contributed by atoms with van der Waals surface area (Å²) >= 11 is 3.59. The Bertz CT molecular complexity index is 638. The lowest BCUT2D eigenvalue weighted by atomic mass is 9.99. The zero-order valence-corrected chi connectivity index (χ0v) is 12.8. The van der Waals surface area contributed by atoms with Gasteiger partial charge in [0.15, 0.2) is 0 Å². The van der Waals surface area contributed by atoms with E-state index in [-0.39, 0.29) is 12.3 Å². The highest BCUT2D eigenvalue weighted by Crippen LogP contribution is 2.36. The van der Waals surface area contributed by atoms with Crippen molar-refractivity contribution < 1.29 is 9.32 Å². The largest absolute Gasteiger partial charge is 0.364 e. The van der Waals surface area contributed by atoms with Crippen molar-refractivity contribution in [2.45, 2.75) is 26.2 Å². The van der Waals surface area contributed by atoms with Crippen molar-refractivity contribution in [1.29, 1.82) is 0 Å². The Hall–Kier alpha value is -1.62. The Labute approximate surface area is 125 Å². The van der Waals surface area contributed by atoms with E-state index in [2.05, 4.69) is 40.1 Å². The van der Waals surface area contributed by atoms with Gasteiger partial charge in [0.05, 0.1) is 17.8 Å². The number of aryl methyl sites for hydroxylation is 2. The van der Waals surface area contributed by atoms with Gasteiger partial charge in [-0.05, 0) is 52.9 Å². The lowest BCUT2D eigenvalue weighted by molar-refractivity contribution is -0.118. The molecule has 0 saturated heterocycles. The smallest absolute Gasteiger partial charge is 0.233 e. The minimum absolute atomic E-state index is 0.0596. The highest BCUT2D eigenvalue weighted by molar-refractivity contribution is 9.10. The molecule has 2 aromatic rings. The van der Waals surface area contributed by atoms with E-state index in [1.54, 1.807) is 6.07 Å². The predicted octanol–water partition coefficient (Wildman–Crippen LogP) is 3.27. The van der Waals surface area contributed by atoms with Gasteiger partial charge in [-0.3, -0.25) is 4.79 Å². The number of rotatable bonds is 2. The summed E-state index contributed by atoms with van der Waals surface area (Å²) in [5.74, 6) is 0.0596. The third-order valence-corrected chi connectivity index (χ3v) is 4.11. The molecular weight excluding hydrogens is 320 g/mol. The molecule has 0 saturated carbocycles. The van der Waals surface area contributed by atoms with Crippen LogP contribution < -0.4 is 4.90 Å². The molecule has 0 aliphatic carbocycles. The summed E-state index contributed by atoms with van der Waals surface area (Å²) in [6.07, 6.45) is 3.78. The lowest BCUT2D eigenvalue weighted by Gasteiger charge is -2.30. The molecule has 1 aliphatic heterocycles. The second-order valence-electron chi connectivity index (χ2n) is 5.07. The standard InChI is InChI=1S/C15H15BrN2O2/c1-10-7-11-3-2-5-18(15(11)13(16)8-10)14(19)9-12-4-6-20-17-12/h4,6-8H,2-3,5,9H2,1H3. The van der Waals surface area contributed by atoms with Crippen molar-refractivity contribution in [3.05, 3.63) is 45.8 Å². The zero-order chi connectivity index (χ0) is 14.1. The van der Waals surface area contributed by atoms with Crippen molar-refractivity contribution in [3.63, 3.8) is 0 Å². The van der Waals surface area contributed by atoms with Crippen LogP contribution in [-0.4, -0.2) is 17.6 Å². The van der Waals surface area contributed by atoms with Crippen molar-refractivity contribution in [1.82, 2.24) is 5.16 Å². The summed E-state index contributed by atoms with van der Waals surface area (Å²) < 4.78 is 5.77. The number of hydrogen-bond acceptors (Lipinski definition) is 3. The van der Waals surface area contributed by atoms with Crippen LogP contribution in [0.5, 0.6) is 0 Å². The summed E-state index contributed by atoms with van der Waals surface area (Å²) in [7, 11) is 0. The zero-order valence-electron chi connectivity index (χ0n) is 11.2. The first-order valence-electron chi connectivity index (χ1n) is 6.64. The summed E-state index contributed by atoms with van der Waals surface area (Å²) in [4.78, 5) is 14.3. The molecule has 0 N–H and O–H groups in total. The van der Waals surface area contributed by atoms with Gasteiger partial charge in [-0.15, -0.1) is 0 Å². The number of fused-ring (bicyclic) bond motifs is 1. The van der Waals surface area contributed by atoms with Crippen molar-refractivity contribution in [3.8, 4) is 0 Å². The van der Waals surface area contributed by atoms with E-state index in [1.807, 2.05) is 4.90 Å². The quantitative estimate of drug-likeness (QED) is 0.846. The van der Waals surface area contributed by atoms with E-state index in [9.17, 15) is 4.79 Å². The molecule has 4 nitrogen and oxygen atoms in total. The van der Waals surface area contributed by atoms with E-state index < -0.39 is 0 Å². The number of aromatic nitrogens is 1. The fourth-order valence-electron chi connectivity index (χ4n) is 2.67. The van der Waals surface area contributed by atoms with Crippen LogP contribution in [0.15, 0.2) is 33.5 Å². The van der Waals surface area contributed by atoms with Crippen LogP contribution in [0.3, 0.4) is 0 Å². The summed E-state index contributed by atoms with van der Waals surface area (Å²) in [6.45, 7) is 2.83. The predicted molar refractivity (Wildman–Crippen MR) is 79.8 cm³/mol. The normalized spacial score (nSPS) is 14.2. The molecule has 0 fully saturated rings. The van der Waals surface area contributed by atoms with E-state index in [0.717, 1.165) is 29.5 Å². The summed E-state index contributed by atoms with van der Waals surface area (Å²) in [6, 6.07) is 5.95. The van der Waals surface area contributed by atoms with Gasteiger partial charge in [-0.2, -0.15) is 0 Å². The first kappa shape index (κ1) is 13.4. The fourth-order valence-corrected chi connectivity index (χ4v) is 3.50. The molecule has 0 bridgehead atoms. The monoisotopic (exact) mass is 334 g/mol. The van der Waals surface area contributed by atoms with Crippen LogP contribution in [0.2, 0.25) is 0 Å². The average molecular weight is 335 g/mol. The maximum Gasteiger partial charge on any atom is 0.233 e. The van der Waals surface area contributed by atoms with Gasteiger partial charge < -0.3 is 9.42 Å². The Balaban J connectivity index is 1.91. The molecule has 1 aliphatic rings. The van der Waals surface area contributed by atoms with Crippen molar-refractivity contribution in [2.75, 3.05) is 11.4 Å². The number of halogens is 1. The second-order valence-corrected chi connectivity index (χ2v) is 5.93. The van der Waals surface area contributed by atoms with Crippen molar-refractivity contribution in [2.24, 2.45) is 0 Å². The molecule has 0 atom stereocenters. The molecule has 3 rings (SSSR count).